The predicted octanol–water partition coefficient (Wildman–Crippen LogP) is -1.17. The van der Waals surface area contributed by atoms with Crippen molar-refractivity contribution in [3.05, 3.63) is 0 Å². The van der Waals surface area contributed by atoms with Crippen LogP contribution >= 0.6 is 0 Å². The molecule has 2 saturated heterocycles. The Bertz CT molecular complexity index is 175. The van der Waals surface area contributed by atoms with Crippen molar-refractivity contribution in [2.45, 2.75) is 18.4 Å². The van der Waals surface area contributed by atoms with Gasteiger partial charge >= 0.3 is 0 Å². The Morgan fingerprint density at radius 2 is 2.00 bits per heavy atom. The van der Waals surface area contributed by atoms with E-state index in [9.17, 15) is 4.79 Å². The fraction of sp³-hybridized carbons (Fsp3) is 0.875. The van der Waals surface area contributed by atoms with Gasteiger partial charge in [-0.25, -0.2) is 0 Å². The fourth-order valence-corrected chi connectivity index (χ4v) is 1.92. The van der Waals surface area contributed by atoms with Gasteiger partial charge in [0.05, 0.1) is 6.54 Å². The van der Waals surface area contributed by atoms with Gasteiger partial charge in [0, 0.05) is 12.1 Å². The van der Waals surface area contributed by atoms with Gasteiger partial charge in [-0.15, -0.1) is 0 Å². The normalized spacial score (nSPS) is 28.5. The highest BCUT2D eigenvalue weighted by Crippen LogP contribution is 2.18. The van der Waals surface area contributed by atoms with E-state index in [-0.39, 0.29) is 11.4 Å². The third-order valence-corrected chi connectivity index (χ3v) is 2.81. The molecule has 4 nitrogen and oxygen atoms in total. The molecular weight excluding hydrogens is 154 g/mol. The average Bonchev–Trinajstić information content (AvgIpc) is 2.13. The maximum atomic E-state index is 10.9. The molecule has 0 saturated carbocycles. The van der Waals surface area contributed by atoms with Crippen LogP contribution in [0.2, 0.25) is 0 Å². The Hall–Kier alpha value is -0.610. The Balaban J connectivity index is 1.96. The van der Waals surface area contributed by atoms with Crippen LogP contribution in [0.4, 0.5) is 0 Å². The molecule has 0 aromatic heterocycles. The van der Waals surface area contributed by atoms with E-state index in [1.807, 2.05) is 0 Å². The Kier molecular flexibility index (Phi) is 2.02. The minimum atomic E-state index is 0.124. The van der Waals surface area contributed by atoms with Crippen LogP contribution in [0.25, 0.3) is 0 Å². The second-order valence-corrected chi connectivity index (χ2v) is 3.66. The molecule has 2 heterocycles. The van der Waals surface area contributed by atoms with E-state index >= 15 is 0 Å². The summed E-state index contributed by atoms with van der Waals surface area (Å²) in [5, 5.41) is 9.56. The van der Waals surface area contributed by atoms with Crippen LogP contribution in [-0.4, -0.2) is 37.6 Å². The van der Waals surface area contributed by atoms with Crippen LogP contribution in [0.1, 0.15) is 12.8 Å². The van der Waals surface area contributed by atoms with Gasteiger partial charge < -0.3 is 16.0 Å². The fourth-order valence-electron chi connectivity index (χ4n) is 1.92. The first-order chi connectivity index (χ1) is 5.81. The molecule has 0 aromatic rings. The van der Waals surface area contributed by atoms with E-state index in [0.717, 1.165) is 32.5 Å². The van der Waals surface area contributed by atoms with Crippen molar-refractivity contribution >= 4 is 5.91 Å². The van der Waals surface area contributed by atoms with Gasteiger partial charge in [0.25, 0.3) is 0 Å². The zero-order valence-electron chi connectivity index (χ0n) is 7.15. The number of piperidine rings is 1. The first kappa shape index (κ1) is 8.01. The van der Waals surface area contributed by atoms with Crippen LogP contribution in [0.5, 0.6) is 0 Å². The number of carbonyl (C=O) groups excluding carboxylic acids is 1. The molecule has 68 valence electrons. The molecule has 2 aliphatic rings. The van der Waals surface area contributed by atoms with Crippen molar-refractivity contribution in [2.75, 3.05) is 26.2 Å². The van der Waals surface area contributed by atoms with Crippen molar-refractivity contribution in [2.24, 2.45) is 0 Å². The van der Waals surface area contributed by atoms with E-state index in [1.165, 1.54) is 0 Å². The van der Waals surface area contributed by atoms with E-state index in [2.05, 4.69) is 16.0 Å². The van der Waals surface area contributed by atoms with Crippen molar-refractivity contribution in [1.82, 2.24) is 16.0 Å². The topological polar surface area (TPSA) is 53.2 Å². The summed E-state index contributed by atoms with van der Waals surface area (Å²) in [4.78, 5) is 10.9. The molecule has 0 atom stereocenters. The van der Waals surface area contributed by atoms with Crippen molar-refractivity contribution in [3.63, 3.8) is 0 Å². The summed E-state index contributed by atoms with van der Waals surface area (Å²) in [5.74, 6) is 0.124. The van der Waals surface area contributed by atoms with Crippen molar-refractivity contribution < 1.29 is 4.79 Å². The average molecular weight is 169 g/mol. The Morgan fingerprint density at radius 3 is 2.58 bits per heavy atom. The zero-order chi connectivity index (χ0) is 8.44. The summed E-state index contributed by atoms with van der Waals surface area (Å²) < 4.78 is 0. The molecule has 2 aliphatic heterocycles. The van der Waals surface area contributed by atoms with Crippen LogP contribution in [-0.2, 0) is 4.79 Å². The predicted molar refractivity (Wildman–Crippen MR) is 45.8 cm³/mol. The van der Waals surface area contributed by atoms with E-state index in [0.29, 0.717) is 6.54 Å². The van der Waals surface area contributed by atoms with E-state index < -0.39 is 0 Å². The third kappa shape index (κ3) is 1.44. The van der Waals surface area contributed by atoms with Crippen LogP contribution in [0, 0.1) is 0 Å². The molecule has 0 unspecified atom stereocenters. The maximum absolute atomic E-state index is 10.9. The number of piperazine rings is 1. The second kappa shape index (κ2) is 3.03. The van der Waals surface area contributed by atoms with Gasteiger partial charge in [-0.1, -0.05) is 0 Å². The standard InChI is InChI=1S/C8H15N3O/c12-7-5-11-8(6-10-7)1-3-9-4-2-8/h9,11H,1-6H2,(H,10,12). The molecule has 0 aliphatic carbocycles. The zero-order valence-corrected chi connectivity index (χ0v) is 7.15. The number of hydrogen-bond acceptors (Lipinski definition) is 3. The quantitative estimate of drug-likeness (QED) is 0.428. The number of hydrogen-bond donors (Lipinski definition) is 3. The first-order valence-electron chi connectivity index (χ1n) is 4.53. The lowest BCUT2D eigenvalue weighted by atomic mass is 9.87. The molecule has 2 fully saturated rings. The van der Waals surface area contributed by atoms with Gasteiger partial charge in [0.2, 0.25) is 5.91 Å². The van der Waals surface area contributed by atoms with Gasteiger partial charge in [-0.2, -0.15) is 0 Å². The largest absolute Gasteiger partial charge is 0.353 e. The van der Waals surface area contributed by atoms with Crippen LogP contribution < -0.4 is 16.0 Å². The minimum Gasteiger partial charge on any atom is -0.353 e. The lowest BCUT2D eigenvalue weighted by molar-refractivity contribution is -0.122. The summed E-state index contributed by atoms with van der Waals surface area (Å²) in [6.07, 6.45) is 2.24. The Labute approximate surface area is 72.1 Å². The molecule has 3 N–H and O–H groups in total. The molecule has 0 aromatic carbocycles. The summed E-state index contributed by atoms with van der Waals surface area (Å²) in [6, 6.07) is 0. The van der Waals surface area contributed by atoms with Gasteiger partial charge in [0.15, 0.2) is 0 Å². The van der Waals surface area contributed by atoms with Gasteiger partial charge in [0.1, 0.15) is 0 Å². The Morgan fingerprint density at radius 1 is 1.25 bits per heavy atom. The third-order valence-electron chi connectivity index (χ3n) is 2.81. The summed E-state index contributed by atoms with van der Waals surface area (Å²) >= 11 is 0. The number of rotatable bonds is 0. The highest BCUT2D eigenvalue weighted by Gasteiger charge is 2.34. The summed E-state index contributed by atoms with van der Waals surface area (Å²) in [5.41, 5.74) is 0.194. The van der Waals surface area contributed by atoms with E-state index in [1.54, 1.807) is 0 Å². The van der Waals surface area contributed by atoms with Crippen LogP contribution in [0.3, 0.4) is 0 Å². The first-order valence-corrected chi connectivity index (χ1v) is 4.53. The molecule has 4 heteroatoms. The lowest BCUT2D eigenvalue weighted by Gasteiger charge is -2.41. The number of amides is 1. The monoisotopic (exact) mass is 169 g/mol. The van der Waals surface area contributed by atoms with Crippen LogP contribution in [0.15, 0.2) is 0 Å². The van der Waals surface area contributed by atoms with Crippen molar-refractivity contribution in [3.8, 4) is 0 Å². The van der Waals surface area contributed by atoms with Crippen molar-refractivity contribution in [1.29, 1.82) is 0 Å². The molecule has 0 bridgehead atoms. The smallest absolute Gasteiger partial charge is 0.234 e. The molecule has 1 spiro atoms. The summed E-state index contributed by atoms with van der Waals surface area (Å²) in [7, 11) is 0. The second-order valence-electron chi connectivity index (χ2n) is 3.66. The molecule has 2 rings (SSSR count). The molecular formula is C8H15N3O. The highest BCUT2D eigenvalue weighted by molar-refractivity contribution is 5.79. The lowest BCUT2D eigenvalue weighted by Crippen LogP contribution is -2.64. The summed E-state index contributed by atoms with van der Waals surface area (Å²) in [6.45, 7) is 3.40. The van der Waals surface area contributed by atoms with Gasteiger partial charge in [-0.3, -0.25) is 4.79 Å². The number of nitrogens with one attached hydrogen (secondary N) is 3. The van der Waals surface area contributed by atoms with Gasteiger partial charge in [-0.05, 0) is 25.9 Å². The molecule has 1 amide bonds. The molecule has 12 heavy (non-hydrogen) atoms. The maximum Gasteiger partial charge on any atom is 0.234 e. The number of carbonyl (C=O) groups is 1. The highest BCUT2D eigenvalue weighted by atomic mass is 16.2. The minimum absolute atomic E-state index is 0.124. The van der Waals surface area contributed by atoms with E-state index in [4.69, 9.17) is 0 Å². The SMILES string of the molecule is O=C1CNC2(CCNCC2)CN1. The molecule has 0 radical (unpaired) electrons.